The van der Waals surface area contributed by atoms with Gasteiger partial charge in [0.05, 0.1) is 12.8 Å². The third-order valence-electron chi connectivity index (χ3n) is 4.99. The molecule has 0 unspecified atom stereocenters. The Morgan fingerprint density at radius 1 is 1.03 bits per heavy atom. The molecule has 2 aromatic carbocycles. The Morgan fingerprint density at radius 3 is 2.53 bits per heavy atom. The molecule has 1 saturated heterocycles. The number of fused-ring (bicyclic) bond motifs is 1. The highest BCUT2D eigenvalue weighted by atomic mass is 16.5. The molecule has 0 radical (unpaired) electrons. The molecule has 3 heterocycles. The van der Waals surface area contributed by atoms with Gasteiger partial charge in [0.2, 0.25) is 11.7 Å². The first kappa shape index (κ1) is 18.0. The highest BCUT2D eigenvalue weighted by molar-refractivity contribution is 6.25. The minimum Gasteiger partial charge on any atom is -0.497 e. The summed E-state index contributed by atoms with van der Waals surface area (Å²) in [6, 6.07) is 14.3. The number of carbonyl (C=O) groups excluding carboxylic acids is 2. The molecule has 10 heteroatoms. The van der Waals surface area contributed by atoms with E-state index in [0.29, 0.717) is 17.3 Å². The van der Waals surface area contributed by atoms with Gasteiger partial charge in [0.25, 0.3) is 11.8 Å². The van der Waals surface area contributed by atoms with E-state index < -0.39 is 23.9 Å². The van der Waals surface area contributed by atoms with Crippen molar-refractivity contribution in [2.24, 2.45) is 10.3 Å². The molecule has 150 valence electrons. The maximum Gasteiger partial charge on any atom is 0.263 e. The van der Waals surface area contributed by atoms with Crippen molar-refractivity contribution in [2.45, 2.75) is 18.6 Å². The average molecular weight is 404 g/mol. The average Bonchev–Trinajstić information content (AvgIpc) is 3.47. The molecule has 5 rings (SSSR count). The van der Waals surface area contributed by atoms with Crippen LogP contribution in [0.2, 0.25) is 0 Å². The molecule has 0 saturated carbocycles. The number of methoxy groups -OCH3 is 1. The summed E-state index contributed by atoms with van der Waals surface area (Å²) in [6.07, 6.45) is 0. The molecule has 30 heavy (non-hydrogen) atoms. The second-order valence-corrected chi connectivity index (χ2v) is 6.78. The van der Waals surface area contributed by atoms with Crippen molar-refractivity contribution >= 4 is 17.5 Å². The van der Waals surface area contributed by atoms with Gasteiger partial charge < -0.3 is 9.26 Å². The zero-order valence-corrected chi connectivity index (χ0v) is 15.9. The Balaban J connectivity index is 1.35. The molecule has 2 aliphatic heterocycles. The van der Waals surface area contributed by atoms with Gasteiger partial charge in [-0.25, -0.2) is 4.90 Å². The number of hydrogen-bond acceptors (Lipinski definition) is 9. The lowest BCUT2D eigenvalue weighted by Gasteiger charge is -2.19. The molecular weight excluding hydrogens is 388 g/mol. The summed E-state index contributed by atoms with van der Waals surface area (Å²) in [6.45, 7) is 0.0694. The van der Waals surface area contributed by atoms with Gasteiger partial charge in [0, 0.05) is 5.56 Å². The van der Waals surface area contributed by atoms with Crippen molar-refractivity contribution < 1.29 is 18.8 Å². The summed E-state index contributed by atoms with van der Waals surface area (Å²) < 4.78 is 10.4. The van der Waals surface area contributed by atoms with Crippen LogP contribution < -0.4 is 9.64 Å². The number of nitrogens with zero attached hydrogens (tertiary/aromatic N) is 6. The second kappa shape index (κ2) is 7.07. The number of aromatic nitrogens is 2. The first-order valence-electron chi connectivity index (χ1n) is 9.23. The quantitative estimate of drug-likeness (QED) is 0.599. The maximum atomic E-state index is 13.0. The molecule has 0 bridgehead atoms. The molecule has 10 nitrogen and oxygen atoms in total. The SMILES string of the molecule is COc1ccc(N2C(=O)[C@H]3N=NN(Cc4nc(-c5ccccc5)no4)[C@H]3C2=O)cc1. The van der Waals surface area contributed by atoms with Crippen molar-refractivity contribution in [3.05, 3.63) is 60.5 Å². The Morgan fingerprint density at radius 2 is 1.80 bits per heavy atom. The molecule has 1 fully saturated rings. The fourth-order valence-corrected chi connectivity index (χ4v) is 3.50. The van der Waals surface area contributed by atoms with Crippen molar-refractivity contribution in [1.29, 1.82) is 0 Å². The Bertz CT molecular complexity index is 1130. The van der Waals surface area contributed by atoms with E-state index in [4.69, 9.17) is 9.26 Å². The van der Waals surface area contributed by atoms with E-state index in [-0.39, 0.29) is 12.4 Å². The smallest absolute Gasteiger partial charge is 0.263 e. The standard InChI is InChI=1S/C20H16N6O4/c1-29-14-9-7-13(8-10-14)26-19(27)16-17(20(26)28)25(24-22-16)11-15-21-18(23-30-15)12-5-3-2-4-6-12/h2-10,16-17H,11H2,1H3/t16-,17+/m0/s1. The summed E-state index contributed by atoms with van der Waals surface area (Å²) in [7, 11) is 1.55. The number of ether oxygens (including phenoxy) is 1. The molecular formula is C20H16N6O4. The molecule has 2 atom stereocenters. The fourth-order valence-electron chi connectivity index (χ4n) is 3.50. The number of carbonyl (C=O) groups is 2. The molecule has 0 N–H and O–H groups in total. The highest BCUT2D eigenvalue weighted by Gasteiger charge is 2.55. The van der Waals surface area contributed by atoms with Crippen molar-refractivity contribution in [2.75, 3.05) is 12.0 Å². The Labute approximate surface area is 170 Å². The van der Waals surface area contributed by atoms with Gasteiger partial charge >= 0.3 is 0 Å². The van der Waals surface area contributed by atoms with Gasteiger partial charge in [-0.2, -0.15) is 10.1 Å². The summed E-state index contributed by atoms with van der Waals surface area (Å²) >= 11 is 0. The molecule has 0 spiro atoms. The monoisotopic (exact) mass is 404 g/mol. The number of anilines is 1. The molecule has 1 aromatic heterocycles. The molecule has 0 aliphatic carbocycles. The van der Waals surface area contributed by atoms with E-state index in [2.05, 4.69) is 20.5 Å². The summed E-state index contributed by atoms with van der Waals surface area (Å²) in [4.78, 5) is 31.3. The van der Waals surface area contributed by atoms with Crippen LogP contribution in [0.1, 0.15) is 5.89 Å². The third kappa shape index (κ3) is 2.89. The number of amides is 2. The van der Waals surface area contributed by atoms with E-state index in [0.717, 1.165) is 10.5 Å². The van der Waals surface area contributed by atoms with E-state index in [1.165, 1.54) is 5.01 Å². The van der Waals surface area contributed by atoms with E-state index in [9.17, 15) is 9.59 Å². The van der Waals surface area contributed by atoms with Gasteiger partial charge in [-0.05, 0) is 24.3 Å². The lowest BCUT2D eigenvalue weighted by Crippen LogP contribution is -2.39. The second-order valence-electron chi connectivity index (χ2n) is 6.78. The van der Waals surface area contributed by atoms with Crippen LogP contribution in [0.15, 0.2) is 69.5 Å². The van der Waals surface area contributed by atoms with Crippen molar-refractivity contribution in [3.8, 4) is 17.1 Å². The number of benzene rings is 2. The van der Waals surface area contributed by atoms with Crippen LogP contribution in [0, 0.1) is 0 Å². The molecule has 2 aliphatic rings. The zero-order valence-electron chi connectivity index (χ0n) is 15.9. The van der Waals surface area contributed by atoms with E-state index >= 15 is 0 Å². The van der Waals surface area contributed by atoms with Crippen LogP contribution in [0.4, 0.5) is 5.69 Å². The topological polar surface area (TPSA) is 113 Å². The minimum absolute atomic E-state index is 0.0694. The first-order chi connectivity index (χ1) is 14.7. The van der Waals surface area contributed by atoms with Gasteiger partial charge in [0.1, 0.15) is 12.3 Å². The van der Waals surface area contributed by atoms with Gasteiger partial charge in [-0.15, -0.1) is 0 Å². The van der Waals surface area contributed by atoms with Crippen molar-refractivity contribution in [1.82, 2.24) is 15.1 Å². The fraction of sp³-hybridized carbons (Fsp3) is 0.200. The van der Waals surface area contributed by atoms with Gasteiger partial charge in [0.15, 0.2) is 12.1 Å². The lowest BCUT2D eigenvalue weighted by molar-refractivity contribution is -0.123. The van der Waals surface area contributed by atoms with Crippen LogP contribution in [0.25, 0.3) is 11.4 Å². The summed E-state index contributed by atoms with van der Waals surface area (Å²) in [5, 5.41) is 13.4. The molecule has 3 aromatic rings. The van der Waals surface area contributed by atoms with Crippen LogP contribution in [-0.2, 0) is 16.1 Å². The van der Waals surface area contributed by atoms with Crippen LogP contribution in [0.3, 0.4) is 0 Å². The largest absolute Gasteiger partial charge is 0.497 e. The molecule has 2 amide bonds. The van der Waals surface area contributed by atoms with Crippen molar-refractivity contribution in [3.63, 3.8) is 0 Å². The van der Waals surface area contributed by atoms with Crippen LogP contribution in [0.5, 0.6) is 5.75 Å². The van der Waals surface area contributed by atoms with Crippen LogP contribution in [-0.4, -0.2) is 46.2 Å². The predicted octanol–water partition coefficient (Wildman–Crippen LogP) is 2.24. The number of imide groups is 1. The maximum absolute atomic E-state index is 13.0. The summed E-state index contributed by atoms with van der Waals surface area (Å²) in [5.74, 6) is 0.522. The normalized spacial score (nSPS) is 20.2. The van der Waals surface area contributed by atoms with Crippen LogP contribution >= 0.6 is 0 Å². The Kier molecular flexibility index (Phi) is 4.24. The first-order valence-corrected chi connectivity index (χ1v) is 9.23. The van der Waals surface area contributed by atoms with E-state index in [1.807, 2.05) is 30.3 Å². The Hall–Kier alpha value is -4.08. The predicted molar refractivity (Wildman–Crippen MR) is 103 cm³/mol. The van der Waals surface area contributed by atoms with E-state index in [1.54, 1.807) is 31.4 Å². The minimum atomic E-state index is -0.892. The number of rotatable bonds is 5. The highest BCUT2D eigenvalue weighted by Crippen LogP contribution is 2.33. The summed E-state index contributed by atoms with van der Waals surface area (Å²) in [5.41, 5.74) is 1.27. The zero-order chi connectivity index (χ0) is 20.7. The third-order valence-corrected chi connectivity index (χ3v) is 4.99. The number of hydrogen-bond donors (Lipinski definition) is 0. The van der Waals surface area contributed by atoms with Gasteiger partial charge in [-0.3, -0.25) is 14.6 Å². The van der Waals surface area contributed by atoms with Gasteiger partial charge in [-0.1, -0.05) is 40.7 Å². The lowest BCUT2D eigenvalue weighted by atomic mass is 10.1.